The first-order valence-electron chi connectivity index (χ1n) is 20.2. The van der Waals surface area contributed by atoms with Crippen LogP contribution < -0.4 is 4.90 Å². The molecule has 0 aliphatic carbocycles. The van der Waals surface area contributed by atoms with Crippen molar-refractivity contribution in [1.82, 2.24) is 4.57 Å². The van der Waals surface area contributed by atoms with Crippen LogP contribution in [0.15, 0.2) is 223 Å². The lowest BCUT2D eigenvalue weighted by molar-refractivity contribution is 0.669. The van der Waals surface area contributed by atoms with Crippen LogP contribution in [0.3, 0.4) is 0 Å². The van der Waals surface area contributed by atoms with Crippen LogP contribution in [-0.4, -0.2) is 4.57 Å². The second-order valence-corrected chi connectivity index (χ2v) is 15.4. The highest BCUT2D eigenvalue weighted by Gasteiger charge is 2.17. The van der Waals surface area contributed by atoms with E-state index in [0.717, 1.165) is 55.8 Å². The summed E-state index contributed by atoms with van der Waals surface area (Å²) in [7, 11) is 0. The smallest absolute Gasteiger partial charge is 0.136 e. The summed E-state index contributed by atoms with van der Waals surface area (Å²) in [6.07, 6.45) is 0. The van der Waals surface area contributed by atoms with Crippen molar-refractivity contribution in [2.45, 2.75) is 0 Å². The number of anilines is 3. The normalized spacial score (nSPS) is 11.7. The van der Waals surface area contributed by atoms with Crippen LogP contribution in [0.4, 0.5) is 17.1 Å². The zero-order valence-electron chi connectivity index (χ0n) is 32.1. The number of rotatable bonds is 6. The number of hydrogen-bond donors (Lipinski definition) is 0. The molecule has 0 unspecified atom stereocenters. The maximum Gasteiger partial charge on any atom is 0.136 e. The maximum atomic E-state index is 6.25. The van der Waals surface area contributed by atoms with Gasteiger partial charge in [-0.25, -0.2) is 0 Å². The van der Waals surface area contributed by atoms with Crippen molar-refractivity contribution in [3.8, 4) is 27.9 Å². The second-order valence-electron chi connectivity index (χ2n) is 15.4. The maximum absolute atomic E-state index is 6.25. The first kappa shape index (κ1) is 33.3. The second kappa shape index (κ2) is 13.4. The highest BCUT2D eigenvalue weighted by molar-refractivity contribution is 6.11. The average molecular weight is 753 g/mol. The standard InChI is InChI=1S/C56H36N2O/c1-2-11-43(12-3-1)58-53-16-8-6-14-48(53)52-34-41(26-33-54(52)58)37-20-27-44(28-21-37)57(46-31-24-40-19-18-39-10-4-5-13-47(39)51(40)36-46)45-29-22-38(23-30-45)42-25-32-50-49-15-7-9-17-55(49)59-56(50)35-42/h1-36H. The summed E-state index contributed by atoms with van der Waals surface area (Å²) < 4.78 is 8.62. The third-order valence-corrected chi connectivity index (χ3v) is 12.0. The molecule has 0 bridgehead atoms. The van der Waals surface area contributed by atoms with E-state index in [1.54, 1.807) is 0 Å². The van der Waals surface area contributed by atoms with Gasteiger partial charge in [-0.3, -0.25) is 0 Å². The molecule has 0 aliphatic rings. The van der Waals surface area contributed by atoms with Crippen molar-refractivity contribution in [3.63, 3.8) is 0 Å². The van der Waals surface area contributed by atoms with Gasteiger partial charge in [0.2, 0.25) is 0 Å². The van der Waals surface area contributed by atoms with Crippen molar-refractivity contribution in [2.24, 2.45) is 0 Å². The summed E-state index contributed by atoms with van der Waals surface area (Å²) in [5, 5.41) is 9.73. The first-order valence-corrected chi connectivity index (χ1v) is 20.2. The number of nitrogens with zero attached hydrogens (tertiary/aromatic N) is 2. The van der Waals surface area contributed by atoms with E-state index in [9.17, 15) is 0 Å². The molecule has 10 aromatic carbocycles. The molecule has 12 aromatic rings. The molecule has 0 spiro atoms. The molecule has 0 saturated carbocycles. The Morgan fingerprint density at radius 3 is 1.63 bits per heavy atom. The third-order valence-electron chi connectivity index (χ3n) is 12.0. The van der Waals surface area contributed by atoms with E-state index in [1.807, 2.05) is 12.1 Å². The molecule has 0 fully saturated rings. The highest BCUT2D eigenvalue weighted by atomic mass is 16.3. The van der Waals surface area contributed by atoms with Crippen molar-refractivity contribution in [2.75, 3.05) is 4.90 Å². The van der Waals surface area contributed by atoms with Gasteiger partial charge in [0.1, 0.15) is 11.2 Å². The van der Waals surface area contributed by atoms with Gasteiger partial charge in [-0.15, -0.1) is 0 Å². The van der Waals surface area contributed by atoms with Gasteiger partial charge in [0, 0.05) is 44.3 Å². The molecule has 12 rings (SSSR count). The van der Waals surface area contributed by atoms with Gasteiger partial charge < -0.3 is 13.9 Å². The number of fused-ring (bicyclic) bond motifs is 9. The van der Waals surface area contributed by atoms with E-state index in [-0.39, 0.29) is 0 Å². The minimum atomic E-state index is 0.902. The van der Waals surface area contributed by atoms with Gasteiger partial charge in [0.05, 0.1) is 11.0 Å². The summed E-state index contributed by atoms with van der Waals surface area (Å²) in [6, 6.07) is 78.8. The highest BCUT2D eigenvalue weighted by Crippen LogP contribution is 2.41. The predicted molar refractivity (Wildman–Crippen MR) is 249 cm³/mol. The quantitative estimate of drug-likeness (QED) is 0.158. The van der Waals surface area contributed by atoms with Crippen molar-refractivity contribution in [1.29, 1.82) is 0 Å². The minimum Gasteiger partial charge on any atom is -0.456 e. The topological polar surface area (TPSA) is 21.3 Å². The van der Waals surface area contributed by atoms with E-state index in [4.69, 9.17) is 4.42 Å². The number of furan rings is 1. The Morgan fingerprint density at radius 2 is 0.847 bits per heavy atom. The fourth-order valence-corrected chi connectivity index (χ4v) is 9.10. The Balaban J connectivity index is 0.956. The predicted octanol–water partition coefficient (Wildman–Crippen LogP) is 15.8. The molecule has 59 heavy (non-hydrogen) atoms. The van der Waals surface area contributed by atoms with Crippen molar-refractivity contribution >= 4 is 82.4 Å². The molecule has 276 valence electrons. The SMILES string of the molecule is c1ccc(-n2c3ccccc3c3cc(-c4ccc(N(c5ccc(-c6ccc7c(c6)oc6ccccc67)cc5)c5ccc6ccc7ccccc7c6c5)cc4)ccc32)cc1. The fourth-order valence-electron chi connectivity index (χ4n) is 9.10. The van der Waals surface area contributed by atoms with Crippen LogP contribution in [0.1, 0.15) is 0 Å². The van der Waals surface area contributed by atoms with Gasteiger partial charge in [0.25, 0.3) is 0 Å². The molecule has 3 nitrogen and oxygen atoms in total. The summed E-state index contributed by atoms with van der Waals surface area (Å²) in [5.41, 5.74) is 13.3. The molecular weight excluding hydrogens is 717 g/mol. The van der Waals surface area contributed by atoms with E-state index >= 15 is 0 Å². The number of hydrogen-bond acceptors (Lipinski definition) is 2. The van der Waals surface area contributed by atoms with Gasteiger partial charge in [-0.1, -0.05) is 133 Å². The van der Waals surface area contributed by atoms with Gasteiger partial charge in [0.15, 0.2) is 0 Å². The van der Waals surface area contributed by atoms with Gasteiger partial charge >= 0.3 is 0 Å². The van der Waals surface area contributed by atoms with Crippen LogP contribution in [0.25, 0.3) is 93.2 Å². The number of aromatic nitrogens is 1. The molecule has 0 saturated heterocycles. The fraction of sp³-hybridized carbons (Fsp3) is 0. The average Bonchev–Trinajstić information content (AvgIpc) is 3.85. The Hall–Kier alpha value is -7.88. The largest absolute Gasteiger partial charge is 0.456 e. The minimum absolute atomic E-state index is 0.902. The monoisotopic (exact) mass is 752 g/mol. The van der Waals surface area contributed by atoms with E-state index in [2.05, 4.69) is 216 Å². The number of benzene rings is 10. The summed E-state index contributed by atoms with van der Waals surface area (Å²) >= 11 is 0. The molecule has 2 aromatic heterocycles. The molecule has 0 amide bonds. The summed E-state index contributed by atoms with van der Waals surface area (Å²) in [5.74, 6) is 0. The Kier molecular flexibility index (Phi) is 7.54. The number of para-hydroxylation sites is 3. The zero-order valence-corrected chi connectivity index (χ0v) is 32.1. The Morgan fingerprint density at radius 1 is 0.305 bits per heavy atom. The molecular formula is C56H36N2O. The molecule has 3 heteroatoms. The van der Waals surface area contributed by atoms with E-state index in [0.29, 0.717) is 0 Å². The van der Waals surface area contributed by atoms with Crippen LogP contribution >= 0.6 is 0 Å². The molecule has 0 atom stereocenters. The van der Waals surface area contributed by atoms with Crippen LogP contribution in [0.5, 0.6) is 0 Å². The van der Waals surface area contributed by atoms with Gasteiger partial charge in [-0.2, -0.15) is 0 Å². The Labute approximate surface area is 341 Å². The first-order chi connectivity index (χ1) is 29.2. The third kappa shape index (κ3) is 5.51. The van der Waals surface area contributed by atoms with E-state index < -0.39 is 0 Å². The van der Waals surface area contributed by atoms with Crippen LogP contribution in [0, 0.1) is 0 Å². The lowest BCUT2D eigenvalue weighted by Gasteiger charge is -2.26. The lowest BCUT2D eigenvalue weighted by atomic mass is 10.00. The van der Waals surface area contributed by atoms with Crippen molar-refractivity contribution < 1.29 is 4.42 Å². The summed E-state index contributed by atoms with van der Waals surface area (Å²) in [6.45, 7) is 0. The molecule has 0 radical (unpaired) electrons. The van der Waals surface area contributed by atoms with Crippen molar-refractivity contribution in [3.05, 3.63) is 218 Å². The molecule has 0 aliphatic heterocycles. The van der Waals surface area contributed by atoms with E-state index in [1.165, 1.54) is 54.5 Å². The van der Waals surface area contributed by atoms with Crippen LogP contribution in [0.2, 0.25) is 0 Å². The lowest BCUT2D eigenvalue weighted by Crippen LogP contribution is -2.09. The Bertz CT molecular complexity index is 3540. The summed E-state index contributed by atoms with van der Waals surface area (Å²) in [4.78, 5) is 2.37. The molecule has 2 heterocycles. The zero-order chi connectivity index (χ0) is 38.9. The van der Waals surface area contributed by atoms with Crippen LogP contribution in [-0.2, 0) is 0 Å². The molecule has 0 N–H and O–H groups in total. The van der Waals surface area contributed by atoms with Gasteiger partial charge in [-0.05, 0) is 129 Å².